The molecule has 2 rings (SSSR count). The van der Waals surface area contributed by atoms with Gasteiger partial charge in [-0.2, -0.15) is 0 Å². The largest absolute Gasteiger partial charge is 0.396 e. The zero-order chi connectivity index (χ0) is 12.4. The predicted molar refractivity (Wildman–Crippen MR) is 70.4 cm³/mol. The molecule has 17 heavy (non-hydrogen) atoms. The molecular formula is C12H16Cl2N2O. The van der Waals surface area contributed by atoms with E-state index in [0.29, 0.717) is 16.6 Å². The van der Waals surface area contributed by atoms with Crippen molar-refractivity contribution in [3.8, 4) is 0 Å². The molecule has 1 aliphatic heterocycles. The molecule has 3 nitrogen and oxygen atoms in total. The Morgan fingerprint density at radius 3 is 2.82 bits per heavy atom. The molecule has 0 aliphatic carbocycles. The fourth-order valence-electron chi connectivity index (χ4n) is 2.38. The molecule has 5 heteroatoms. The minimum absolute atomic E-state index is 0.186. The van der Waals surface area contributed by atoms with Gasteiger partial charge in [-0.05, 0) is 23.6 Å². The lowest BCUT2D eigenvalue weighted by molar-refractivity contribution is 0.190. The van der Waals surface area contributed by atoms with Gasteiger partial charge in [0.25, 0.3) is 0 Å². The average Bonchev–Trinajstić information content (AvgIpc) is 2.69. The van der Waals surface area contributed by atoms with Crippen LogP contribution in [-0.2, 0) is 6.54 Å². The third-order valence-electron chi connectivity index (χ3n) is 3.22. The molecule has 0 saturated carbocycles. The number of nitrogens with two attached hydrogens (primary N) is 1. The number of hydrogen-bond donors (Lipinski definition) is 2. The molecule has 0 aromatic heterocycles. The van der Waals surface area contributed by atoms with Crippen LogP contribution in [0, 0.1) is 0 Å². The molecular weight excluding hydrogens is 259 g/mol. The number of halogens is 2. The van der Waals surface area contributed by atoms with Crippen molar-refractivity contribution in [2.45, 2.75) is 19.0 Å². The minimum atomic E-state index is 0.186. The van der Waals surface area contributed by atoms with Gasteiger partial charge in [0, 0.05) is 32.3 Å². The summed E-state index contributed by atoms with van der Waals surface area (Å²) in [4.78, 5) is 2.24. The Morgan fingerprint density at radius 2 is 2.18 bits per heavy atom. The van der Waals surface area contributed by atoms with Crippen LogP contribution in [-0.4, -0.2) is 29.7 Å². The van der Waals surface area contributed by atoms with E-state index in [1.165, 1.54) is 5.56 Å². The molecule has 0 bridgehead atoms. The highest BCUT2D eigenvalue weighted by atomic mass is 35.5. The fourth-order valence-corrected chi connectivity index (χ4v) is 2.78. The van der Waals surface area contributed by atoms with Gasteiger partial charge >= 0.3 is 0 Å². The first-order valence-corrected chi connectivity index (χ1v) is 6.46. The van der Waals surface area contributed by atoms with Crippen LogP contribution >= 0.6 is 23.2 Å². The number of benzene rings is 1. The Kier molecular flexibility index (Phi) is 4.28. The van der Waals surface area contributed by atoms with Gasteiger partial charge in [-0.3, -0.25) is 4.90 Å². The second-order valence-electron chi connectivity index (χ2n) is 4.23. The Morgan fingerprint density at radius 1 is 1.41 bits per heavy atom. The average molecular weight is 275 g/mol. The third kappa shape index (κ3) is 2.44. The Balaban J connectivity index is 2.28. The first-order chi connectivity index (χ1) is 8.19. The van der Waals surface area contributed by atoms with Gasteiger partial charge in [0.05, 0.1) is 10.0 Å². The number of nitrogens with zero attached hydrogens (tertiary/aromatic N) is 1. The molecule has 0 saturated heterocycles. The molecule has 3 N–H and O–H groups in total. The van der Waals surface area contributed by atoms with E-state index in [0.717, 1.165) is 25.1 Å². The topological polar surface area (TPSA) is 49.5 Å². The lowest BCUT2D eigenvalue weighted by atomic mass is 10.1. The quantitative estimate of drug-likeness (QED) is 0.885. The van der Waals surface area contributed by atoms with Crippen molar-refractivity contribution in [3.63, 3.8) is 0 Å². The number of aliphatic hydroxyl groups excluding tert-OH is 1. The van der Waals surface area contributed by atoms with E-state index in [4.69, 9.17) is 34.0 Å². The van der Waals surface area contributed by atoms with Crippen LogP contribution in [0.15, 0.2) is 12.1 Å². The first-order valence-electron chi connectivity index (χ1n) is 5.70. The Bertz CT molecular complexity index is 412. The minimum Gasteiger partial charge on any atom is -0.396 e. The van der Waals surface area contributed by atoms with E-state index in [1.54, 1.807) is 0 Å². The smallest absolute Gasteiger partial charge is 0.0640 e. The van der Waals surface area contributed by atoms with Crippen molar-refractivity contribution in [2.75, 3.05) is 19.7 Å². The summed E-state index contributed by atoms with van der Waals surface area (Å²) >= 11 is 12.2. The zero-order valence-corrected chi connectivity index (χ0v) is 11.0. The van der Waals surface area contributed by atoms with E-state index >= 15 is 0 Å². The second-order valence-corrected chi connectivity index (χ2v) is 5.01. The maximum Gasteiger partial charge on any atom is 0.0640 e. The van der Waals surface area contributed by atoms with Crippen LogP contribution in [0.5, 0.6) is 0 Å². The molecule has 1 aromatic carbocycles. The van der Waals surface area contributed by atoms with Gasteiger partial charge in [0.2, 0.25) is 0 Å². The van der Waals surface area contributed by atoms with Crippen LogP contribution < -0.4 is 5.73 Å². The molecule has 1 heterocycles. The summed E-state index contributed by atoms with van der Waals surface area (Å²) in [5.74, 6) is 0. The van der Waals surface area contributed by atoms with Crippen molar-refractivity contribution in [3.05, 3.63) is 33.3 Å². The molecule has 1 atom stereocenters. The maximum atomic E-state index is 8.90. The fraction of sp³-hybridized carbons (Fsp3) is 0.500. The van der Waals surface area contributed by atoms with E-state index < -0.39 is 0 Å². The lowest BCUT2D eigenvalue weighted by Gasteiger charge is -2.23. The van der Waals surface area contributed by atoms with Gasteiger partial charge in [-0.1, -0.05) is 29.3 Å². The highest BCUT2D eigenvalue weighted by Crippen LogP contribution is 2.39. The predicted octanol–water partition coefficient (Wildman–Crippen LogP) is 2.19. The van der Waals surface area contributed by atoms with Gasteiger partial charge in [0.1, 0.15) is 0 Å². The first kappa shape index (κ1) is 13.1. The van der Waals surface area contributed by atoms with Crippen LogP contribution in [0.3, 0.4) is 0 Å². The molecule has 1 aromatic rings. The van der Waals surface area contributed by atoms with E-state index in [-0.39, 0.29) is 12.6 Å². The zero-order valence-electron chi connectivity index (χ0n) is 9.50. The molecule has 0 spiro atoms. The number of hydrogen-bond acceptors (Lipinski definition) is 3. The number of fused-ring (bicyclic) bond motifs is 1. The van der Waals surface area contributed by atoms with Crippen molar-refractivity contribution in [2.24, 2.45) is 5.73 Å². The van der Waals surface area contributed by atoms with E-state index in [1.807, 2.05) is 12.1 Å². The van der Waals surface area contributed by atoms with Gasteiger partial charge in [-0.25, -0.2) is 0 Å². The maximum absolute atomic E-state index is 8.90. The summed E-state index contributed by atoms with van der Waals surface area (Å²) in [7, 11) is 0. The van der Waals surface area contributed by atoms with Crippen LogP contribution in [0.2, 0.25) is 10.0 Å². The highest BCUT2D eigenvalue weighted by molar-refractivity contribution is 6.42. The second kappa shape index (κ2) is 5.55. The Labute approximate surface area is 111 Å². The monoisotopic (exact) mass is 274 g/mol. The molecule has 0 fully saturated rings. The summed E-state index contributed by atoms with van der Waals surface area (Å²) in [6.07, 6.45) is 0.746. The summed E-state index contributed by atoms with van der Waals surface area (Å²) in [5, 5.41) is 10.1. The molecule has 1 unspecified atom stereocenters. The van der Waals surface area contributed by atoms with Crippen molar-refractivity contribution >= 4 is 23.2 Å². The number of aliphatic hydroxyl groups is 1. The van der Waals surface area contributed by atoms with Crippen LogP contribution in [0.4, 0.5) is 0 Å². The third-order valence-corrected chi connectivity index (χ3v) is 4.06. The number of rotatable bonds is 4. The summed E-state index contributed by atoms with van der Waals surface area (Å²) < 4.78 is 0. The summed E-state index contributed by atoms with van der Waals surface area (Å²) in [6, 6.07) is 4.01. The lowest BCUT2D eigenvalue weighted by Crippen LogP contribution is -2.29. The molecule has 0 amide bonds. The van der Waals surface area contributed by atoms with E-state index in [2.05, 4.69) is 4.90 Å². The molecule has 1 aliphatic rings. The van der Waals surface area contributed by atoms with Gasteiger partial charge < -0.3 is 10.8 Å². The highest BCUT2D eigenvalue weighted by Gasteiger charge is 2.30. The SMILES string of the molecule is NCC1c2ccc(Cl)c(Cl)c2CN1CCCO. The Hall–Kier alpha value is -0.320. The molecule has 0 radical (unpaired) electrons. The molecule has 94 valence electrons. The van der Waals surface area contributed by atoms with Crippen molar-refractivity contribution < 1.29 is 5.11 Å². The van der Waals surface area contributed by atoms with Gasteiger partial charge in [0.15, 0.2) is 0 Å². The van der Waals surface area contributed by atoms with Crippen molar-refractivity contribution in [1.82, 2.24) is 4.90 Å². The van der Waals surface area contributed by atoms with Crippen molar-refractivity contribution in [1.29, 1.82) is 0 Å². The van der Waals surface area contributed by atoms with Crippen LogP contribution in [0.1, 0.15) is 23.6 Å². The summed E-state index contributed by atoms with van der Waals surface area (Å²) in [5.41, 5.74) is 8.06. The van der Waals surface area contributed by atoms with Gasteiger partial charge in [-0.15, -0.1) is 0 Å². The standard InChI is InChI=1S/C12H16Cl2N2O/c13-10-3-2-8-9(12(10)14)7-16(4-1-5-17)11(8)6-15/h2-3,11,17H,1,4-7,15H2. The normalized spacial score (nSPS) is 19.6. The van der Waals surface area contributed by atoms with Crippen LogP contribution in [0.25, 0.3) is 0 Å². The summed E-state index contributed by atoms with van der Waals surface area (Å²) in [6.45, 7) is 2.33. The van der Waals surface area contributed by atoms with E-state index in [9.17, 15) is 0 Å².